The fourth-order valence-corrected chi connectivity index (χ4v) is 9.31. The number of ether oxygens (including phenoxy) is 4. The van der Waals surface area contributed by atoms with Crippen LogP contribution in [-0.2, 0) is 13.7 Å². The van der Waals surface area contributed by atoms with Gasteiger partial charge in [-0.3, -0.25) is 0 Å². The molecule has 12 heteroatoms. The van der Waals surface area contributed by atoms with E-state index in [1.807, 2.05) is 83.1 Å². The fourth-order valence-electron chi connectivity index (χ4n) is 4.48. The smallest absolute Gasteiger partial charge is 0.484 e. The number of halogens is 3. The van der Waals surface area contributed by atoms with E-state index in [-0.39, 0.29) is 26.2 Å². The van der Waals surface area contributed by atoms with Gasteiger partial charge < -0.3 is 18.9 Å². The number of rotatable bonds is 9. The fraction of sp³-hybridized carbons (Fsp3) is 0.500. The summed E-state index contributed by atoms with van der Waals surface area (Å²) in [7, 11) is -9.95. The molecule has 0 heterocycles. The maximum atomic E-state index is 14.3. The molecule has 0 saturated carbocycles. The van der Waals surface area contributed by atoms with E-state index in [9.17, 15) is 21.6 Å². The molecule has 0 aliphatic carbocycles. The van der Waals surface area contributed by atoms with Crippen molar-refractivity contribution in [1.82, 2.24) is 0 Å². The lowest BCUT2D eigenvalue weighted by Crippen LogP contribution is -2.28. The van der Waals surface area contributed by atoms with Gasteiger partial charge in [0.2, 0.25) is 0 Å². The number of hydrogen-bond donors (Lipinski definition) is 0. The Labute approximate surface area is 285 Å². The van der Waals surface area contributed by atoms with Crippen molar-refractivity contribution in [3.8, 4) is 23.0 Å². The molecule has 0 radical (unpaired) electrons. The second kappa shape index (κ2) is 13.3. The van der Waals surface area contributed by atoms with Gasteiger partial charge in [-0.1, -0.05) is 12.1 Å². The van der Waals surface area contributed by atoms with Gasteiger partial charge in [-0.25, -0.2) is 0 Å². The zero-order valence-corrected chi connectivity index (χ0v) is 31.7. The van der Waals surface area contributed by atoms with Gasteiger partial charge in [0.1, 0.15) is 22.4 Å². The van der Waals surface area contributed by atoms with E-state index >= 15 is 0 Å². The molecule has 3 rings (SSSR count). The van der Waals surface area contributed by atoms with E-state index in [0.717, 1.165) is 0 Å². The van der Waals surface area contributed by atoms with E-state index in [0.29, 0.717) is 17.1 Å². The van der Waals surface area contributed by atoms with Gasteiger partial charge in [0.15, 0.2) is 23.0 Å². The summed E-state index contributed by atoms with van der Waals surface area (Å²) in [5.41, 5.74) is -7.88. The summed E-state index contributed by atoms with van der Waals surface area (Å²) in [6.45, 7) is 23.7. The summed E-state index contributed by atoms with van der Waals surface area (Å²) in [6, 6.07) is 15.7. The first-order chi connectivity index (χ1) is 21.5. The van der Waals surface area contributed by atoms with Crippen LogP contribution in [0.5, 0.6) is 23.0 Å². The largest absolute Gasteiger partial charge is 0.524 e. The second-order valence-corrected chi connectivity index (χ2v) is 19.9. The normalized spacial score (nSPS) is 14.0. The van der Waals surface area contributed by atoms with Crippen molar-refractivity contribution in [3.63, 3.8) is 0 Å². The predicted molar refractivity (Wildman–Crippen MR) is 184 cm³/mol. The molecule has 0 aromatic heterocycles. The lowest BCUT2D eigenvalue weighted by atomic mass is 10.1. The third-order valence-corrected chi connectivity index (χ3v) is 10.8. The van der Waals surface area contributed by atoms with Crippen LogP contribution in [0.3, 0.4) is 0 Å². The third kappa shape index (κ3) is 10.2. The number of alkyl halides is 3. The molecule has 0 unspecified atom stereocenters. The van der Waals surface area contributed by atoms with Crippen molar-refractivity contribution < 1.29 is 44.2 Å². The first-order valence-electron chi connectivity index (χ1n) is 15.5. The van der Waals surface area contributed by atoms with Gasteiger partial charge in [0, 0.05) is 14.7 Å². The molecule has 3 aromatic rings. The number of aryl methyl sites for hydroxylation is 1. The highest BCUT2D eigenvalue weighted by atomic mass is 32.3. The van der Waals surface area contributed by atoms with Crippen LogP contribution in [0, 0.1) is 6.92 Å². The second-order valence-electron chi connectivity index (χ2n) is 15.4. The zero-order valence-electron chi connectivity index (χ0n) is 30.1. The minimum Gasteiger partial charge on any atom is -0.484 e. The summed E-state index contributed by atoms with van der Waals surface area (Å²) in [4.78, 5) is 0.438. The minimum atomic E-state index is -6.19. The van der Waals surface area contributed by atoms with E-state index < -0.39 is 48.3 Å². The van der Waals surface area contributed by atoms with Gasteiger partial charge in [-0.15, -0.1) is 0 Å². The molecule has 0 atom stereocenters. The average molecular weight is 715 g/mol. The molecule has 0 bridgehead atoms. The van der Waals surface area contributed by atoms with Gasteiger partial charge in [-0.2, -0.15) is 25.2 Å². The SMILES string of the molecule is Cc1cccc(S(OS(=O)(=O)C(F)(F)F)(c2ccc(OC(C)(C)C)c(OC(C)(C)C)c2)c2ccc(OC(C)(C)C)c(OC(C)(C)C)c2)c1. The average Bonchev–Trinajstić information content (AvgIpc) is 2.85. The van der Waals surface area contributed by atoms with E-state index in [4.69, 9.17) is 22.6 Å². The van der Waals surface area contributed by atoms with Crippen LogP contribution >= 0.6 is 10.3 Å². The van der Waals surface area contributed by atoms with Crippen molar-refractivity contribution in [3.05, 3.63) is 66.2 Å². The molecule has 0 saturated heterocycles. The summed E-state index contributed by atoms with van der Waals surface area (Å²) < 4.78 is 99.8. The highest BCUT2D eigenvalue weighted by Gasteiger charge is 2.53. The summed E-state index contributed by atoms with van der Waals surface area (Å²) in [5.74, 6) is 1.05. The molecule has 48 heavy (non-hydrogen) atoms. The Morgan fingerprint density at radius 1 is 0.500 bits per heavy atom. The van der Waals surface area contributed by atoms with E-state index in [1.165, 1.54) is 24.3 Å². The van der Waals surface area contributed by atoms with Crippen LogP contribution in [0.15, 0.2) is 75.4 Å². The van der Waals surface area contributed by atoms with Crippen LogP contribution < -0.4 is 18.9 Å². The van der Waals surface area contributed by atoms with Gasteiger partial charge >= 0.3 is 15.6 Å². The predicted octanol–water partition coefficient (Wildman–Crippen LogP) is 10.8. The summed E-state index contributed by atoms with van der Waals surface area (Å²) in [6.07, 6.45) is 0. The Hall–Kier alpha value is -3.09. The van der Waals surface area contributed by atoms with Crippen LogP contribution in [0.2, 0.25) is 0 Å². The summed E-state index contributed by atoms with van der Waals surface area (Å²) >= 11 is 0. The Morgan fingerprint density at radius 2 is 0.854 bits per heavy atom. The molecule has 0 aliphatic rings. The first-order valence-corrected chi connectivity index (χ1v) is 18.4. The Kier molecular flexibility index (Phi) is 10.9. The third-order valence-electron chi connectivity index (χ3n) is 5.96. The zero-order chi connectivity index (χ0) is 36.7. The molecule has 268 valence electrons. The van der Waals surface area contributed by atoms with Crippen molar-refractivity contribution in [1.29, 1.82) is 0 Å². The maximum Gasteiger partial charge on any atom is 0.524 e. The Balaban J connectivity index is 2.59. The topological polar surface area (TPSA) is 80.3 Å². The van der Waals surface area contributed by atoms with Crippen molar-refractivity contribution >= 4 is 20.4 Å². The molecule has 3 aromatic carbocycles. The van der Waals surface area contributed by atoms with Gasteiger partial charge in [0.25, 0.3) is 0 Å². The van der Waals surface area contributed by atoms with Crippen molar-refractivity contribution in [2.45, 2.75) is 133 Å². The van der Waals surface area contributed by atoms with Crippen LogP contribution in [0.4, 0.5) is 13.2 Å². The van der Waals surface area contributed by atoms with Gasteiger partial charge in [-0.05, 0) is 154 Å². The highest BCUT2D eigenvalue weighted by Crippen LogP contribution is 2.72. The van der Waals surface area contributed by atoms with Crippen molar-refractivity contribution in [2.75, 3.05) is 0 Å². The lowest BCUT2D eigenvalue weighted by molar-refractivity contribution is -0.0496. The summed E-state index contributed by atoms with van der Waals surface area (Å²) in [5, 5.41) is 0. The number of benzene rings is 3. The highest BCUT2D eigenvalue weighted by molar-refractivity contribution is 8.33. The van der Waals surface area contributed by atoms with Crippen molar-refractivity contribution in [2.24, 2.45) is 0 Å². The molecule has 0 spiro atoms. The Bertz CT molecular complexity index is 1630. The van der Waals surface area contributed by atoms with E-state index in [1.54, 1.807) is 43.3 Å². The molecule has 0 amide bonds. The van der Waals surface area contributed by atoms with Crippen LogP contribution in [-0.4, -0.2) is 36.3 Å². The molecule has 7 nitrogen and oxygen atoms in total. The maximum absolute atomic E-state index is 14.3. The quantitative estimate of drug-likeness (QED) is 0.204. The molecular weight excluding hydrogens is 666 g/mol. The first kappa shape index (κ1) is 39.3. The Morgan fingerprint density at radius 3 is 1.19 bits per heavy atom. The number of hydrogen-bond acceptors (Lipinski definition) is 7. The van der Waals surface area contributed by atoms with Crippen LogP contribution in [0.25, 0.3) is 0 Å². The molecule has 0 N–H and O–H groups in total. The lowest BCUT2D eigenvalue weighted by Gasteiger charge is -2.40. The molecular formula is C36H49F3O7S2. The van der Waals surface area contributed by atoms with Crippen LogP contribution in [0.1, 0.15) is 88.6 Å². The monoisotopic (exact) mass is 714 g/mol. The standard InChI is InChI=1S/C36H49F3O7S2/c1-24-15-14-16-25(21-24)47(46-48(40,41)36(37,38)39,26-17-19-28(42-32(2,3)4)30(22-26)44-34(8,9)10)27-18-20-29(43-33(5,6)7)31(23-27)45-35(11,12)13/h14-23H,1-13H3. The van der Waals surface area contributed by atoms with E-state index in [2.05, 4.69) is 0 Å². The van der Waals surface area contributed by atoms with Gasteiger partial charge in [0.05, 0.1) is 0 Å². The molecule has 0 aliphatic heterocycles. The molecule has 0 fully saturated rings. The minimum absolute atomic E-state index is 0.118.